The Labute approximate surface area is 87.4 Å². The van der Waals surface area contributed by atoms with E-state index in [4.69, 9.17) is 10.5 Å². The van der Waals surface area contributed by atoms with Gasteiger partial charge in [-0.15, -0.1) is 0 Å². The molecule has 1 saturated carbocycles. The third-order valence-corrected chi connectivity index (χ3v) is 3.45. The molecular formula is C11H24N2O. The molecule has 0 heterocycles. The number of nitrogens with two attached hydrogens (primary N) is 1. The van der Waals surface area contributed by atoms with Gasteiger partial charge in [-0.25, -0.2) is 0 Å². The van der Waals surface area contributed by atoms with Crippen LogP contribution in [0.3, 0.4) is 0 Å². The number of methoxy groups -OCH3 is 1. The molecule has 3 nitrogen and oxygen atoms in total. The van der Waals surface area contributed by atoms with E-state index in [9.17, 15) is 0 Å². The van der Waals surface area contributed by atoms with Crippen LogP contribution in [0, 0.1) is 5.41 Å². The van der Waals surface area contributed by atoms with E-state index < -0.39 is 0 Å². The van der Waals surface area contributed by atoms with Gasteiger partial charge in [-0.05, 0) is 26.3 Å². The third kappa shape index (κ3) is 2.47. The molecule has 0 spiro atoms. The van der Waals surface area contributed by atoms with Crippen molar-refractivity contribution in [1.82, 2.24) is 5.32 Å². The van der Waals surface area contributed by atoms with Crippen LogP contribution in [0.5, 0.6) is 0 Å². The van der Waals surface area contributed by atoms with Crippen LogP contribution < -0.4 is 11.1 Å². The summed E-state index contributed by atoms with van der Waals surface area (Å²) in [6, 6.07) is 0.884. The number of ether oxygens (including phenoxy) is 1. The van der Waals surface area contributed by atoms with Crippen molar-refractivity contribution in [2.45, 2.75) is 51.8 Å². The predicted octanol–water partition coefficient (Wildman–Crippen LogP) is 1.13. The fraction of sp³-hybridized carbons (Fsp3) is 1.00. The first-order valence-electron chi connectivity index (χ1n) is 5.50. The molecule has 0 saturated heterocycles. The number of nitrogens with one attached hydrogen (secondary N) is 1. The summed E-state index contributed by atoms with van der Waals surface area (Å²) in [5, 5.41) is 3.54. The Hall–Kier alpha value is -0.120. The maximum Gasteiger partial charge on any atom is 0.0652 e. The SMILES string of the molecule is COC1CC(NCCC(C)N)C1(C)C. The summed E-state index contributed by atoms with van der Waals surface area (Å²) < 4.78 is 5.39. The molecule has 1 aliphatic carbocycles. The summed E-state index contributed by atoms with van der Waals surface area (Å²) in [6.07, 6.45) is 2.59. The quantitative estimate of drug-likeness (QED) is 0.699. The first-order valence-corrected chi connectivity index (χ1v) is 5.50. The first-order chi connectivity index (χ1) is 6.48. The molecule has 0 aromatic carbocycles. The highest BCUT2D eigenvalue weighted by Gasteiger charge is 2.47. The average molecular weight is 200 g/mol. The van der Waals surface area contributed by atoms with Gasteiger partial charge in [0.2, 0.25) is 0 Å². The summed E-state index contributed by atoms with van der Waals surface area (Å²) in [7, 11) is 1.80. The van der Waals surface area contributed by atoms with Crippen LogP contribution in [0.1, 0.15) is 33.6 Å². The molecule has 1 rings (SSSR count). The van der Waals surface area contributed by atoms with Gasteiger partial charge in [-0.2, -0.15) is 0 Å². The molecule has 3 heteroatoms. The maximum atomic E-state index is 5.69. The molecule has 84 valence electrons. The highest BCUT2D eigenvalue weighted by molar-refractivity contribution is 5.02. The van der Waals surface area contributed by atoms with Gasteiger partial charge in [0.15, 0.2) is 0 Å². The minimum atomic E-state index is 0.270. The first kappa shape index (κ1) is 12.0. The lowest BCUT2D eigenvalue weighted by molar-refractivity contribution is -0.0973. The van der Waals surface area contributed by atoms with Gasteiger partial charge < -0.3 is 15.8 Å². The average Bonchev–Trinajstić information content (AvgIpc) is 2.09. The lowest BCUT2D eigenvalue weighted by Gasteiger charge is -2.51. The van der Waals surface area contributed by atoms with Crippen molar-refractivity contribution < 1.29 is 4.74 Å². The monoisotopic (exact) mass is 200 g/mol. The molecule has 0 bridgehead atoms. The van der Waals surface area contributed by atoms with Crippen molar-refractivity contribution in [3.8, 4) is 0 Å². The van der Waals surface area contributed by atoms with Crippen LogP contribution in [-0.2, 0) is 4.74 Å². The minimum Gasteiger partial charge on any atom is -0.381 e. The lowest BCUT2D eigenvalue weighted by Crippen LogP contribution is -2.60. The van der Waals surface area contributed by atoms with Gasteiger partial charge in [-0.3, -0.25) is 0 Å². The van der Waals surface area contributed by atoms with Crippen molar-refractivity contribution in [2.75, 3.05) is 13.7 Å². The highest BCUT2D eigenvalue weighted by atomic mass is 16.5. The Kier molecular flexibility index (Phi) is 3.93. The molecule has 0 aromatic heterocycles. The van der Waals surface area contributed by atoms with Gasteiger partial charge >= 0.3 is 0 Å². The molecule has 1 fully saturated rings. The van der Waals surface area contributed by atoms with Gasteiger partial charge in [0.05, 0.1) is 6.10 Å². The molecule has 0 aliphatic heterocycles. The topological polar surface area (TPSA) is 47.3 Å². The van der Waals surface area contributed by atoms with Gasteiger partial charge in [0.1, 0.15) is 0 Å². The van der Waals surface area contributed by atoms with Crippen molar-refractivity contribution >= 4 is 0 Å². The Morgan fingerprint density at radius 2 is 2.21 bits per heavy atom. The molecule has 3 unspecified atom stereocenters. The van der Waals surface area contributed by atoms with E-state index in [1.165, 1.54) is 0 Å². The number of rotatable bonds is 5. The Morgan fingerprint density at radius 1 is 1.57 bits per heavy atom. The van der Waals surface area contributed by atoms with Gasteiger partial charge in [0, 0.05) is 24.6 Å². The Morgan fingerprint density at radius 3 is 2.64 bits per heavy atom. The van der Waals surface area contributed by atoms with Crippen LogP contribution in [-0.4, -0.2) is 31.8 Å². The van der Waals surface area contributed by atoms with Gasteiger partial charge in [0.25, 0.3) is 0 Å². The summed E-state index contributed by atoms with van der Waals surface area (Å²) in [4.78, 5) is 0. The summed E-state index contributed by atoms with van der Waals surface area (Å²) in [5.74, 6) is 0. The van der Waals surface area contributed by atoms with Crippen LogP contribution in [0.25, 0.3) is 0 Å². The highest BCUT2D eigenvalue weighted by Crippen LogP contribution is 2.42. The van der Waals surface area contributed by atoms with Crippen molar-refractivity contribution in [3.63, 3.8) is 0 Å². The van der Waals surface area contributed by atoms with E-state index in [1.54, 1.807) is 7.11 Å². The molecule has 14 heavy (non-hydrogen) atoms. The smallest absolute Gasteiger partial charge is 0.0652 e. The summed E-state index contributed by atoms with van der Waals surface area (Å²) in [6.45, 7) is 7.58. The standard InChI is InChI=1S/C11H24N2O/c1-8(12)5-6-13-9-7-10(14-4)11(9,2)3/h8-10,13H,5-7,12H2,1-4H3. The van der Waals surface area contributed by atoms with Crippen LogP contribution in [0.4, 0.5) is 0 Å². The molecule has 3 N–H and O–H groups in total. The zero-order valence-corrected chi connectivity index (χ0v) is 9.84. The van der Waals surface area contributed by atoms with E-state index in [0.29, 0.717) is 18.2 Å². The van der Waals surface area contributed by atoms with Crippen LogP contribution in [0.2, 0.25) is 0 Å². The molecule has 0 radical (unpaired) electrons. The fourth-order valence-electron chi connectivity index (χ4n) is 2.12. The van der Waals surface area contributed by atoms with E-state index in [0.717, 1.165) is 19.4 Å². The Bertz CT molecular complexity index is 180. The van der Waals surface area contributed by atoms with E-state index in [1.807, 2.05) is 6.92 Å². The minimum absolute atomic E-state index is 0.270. The van der Waals surface area contributed by atoms with E-state index in [2.05, 4.69) is 19.2 Å². The molecule has 0 amide bonds. The Balaban J connectivity index is 2.22. The van der Waals surface area contributed by atoms with E-state index in [-0.39, 0.29) is 5.41 Å². The summed E-state index contributed by atoms with van der Waals surface area (Å²) >= 11 is 0. The lowest BCUT2D eigenvalue weighted by atomic mass is 9.64. The molecule has 0 aromatic rings. The summed E-state index contributed by atoms with van der Waals surface area (Å²) in [5.41, 5.74) is 5.96. The predicted molar refractivity (Wildman–Crippen MR) is 59.3 cm³/mol. The van der Waals surface area contributed by atoms with Crippen molar-refractivity contribution in [3.05, 3.63) is 0 Å². The third-order valence-electron chi connectivity index (χ3n) is 3.45. The fourth-order valence-corrected chi connectivity index (χ4v) is 2.12. The second kappa shape index (κ2) is 4.60. The largest absolute Gasteiger partial charge is 0.381 e. The van der Waals surface area contributed by atoms with E-state index >= 15 is 0 Å². The molecular weight excluding hydrogens is 176 g/mol. The van der Waals surface area contributed by atoms with Gasteiger partial charge in [-0.1, -0.05) is 13.8 Å². The van der Waals surface area contributed by atoms with Crippen molar-refractivity contribution in [2.24, 2.45) is 11.1 Å². The number of hydrogen-bond acceptors (Lipinski definition) is 3. The van der Waals surface area contributed by atoms with Crippen LogP contribution >= 0.6 is 0 Å². The van der Waals surface area contributed by atoms with Crippen LogP contribution in [0.15, 0.2) is 0 Å². The second-order valence-electron chi connectivity index (χ2n) is 5.05. The van der Waals surface area contributed by atoms with Crippen molar-refractivity contribution in [1.29, 1.82) is 0 Å². The molecule has 1 aliphatic rings. The zero-order valence-electron chi connectivity index (χ0n) is 9.84. The zero-order chi connectivity index (χ0) is 10.8. The second-order valence-corrected chi connectivity index (χ2v) is 5.05. The normalized spacial score (nSPS) is 32.4. The maximum absolute atomic E-state index is 5.69. The molecule has 3 atom stereocenters. The number of hydrogen-bond donors (Lipinski definition) is 2.